The number of hydrogen-bond donors (Lipinski definition) is 1. The SMILES string of the molecule is CCOC(=O)c1sc2ncn(CC(=O)NC(C)(C)CC)c(=O)c2c1C. The van der Waals surface area contributed by atoms with Crippen LogP contribution in [0.3, 0.4) is 0 Å². The number of rotatable bonds is 6. The van der Waals surface area contributed by atoms with E-state index < -0.39 is 5.97 Å². The average molecular weight is 365 g/mol. The lowest BCUT2D eigenvalue weighted by molar-refractivity contribution is -0.123. The third-order valence-corrected chi connectivity index (χ3v) is 5.23. The summed E-state index contributed by atoms with van der Waals surface area (Å²) in [5.74, 6) is -0.718. The van der Waals surface area contributed by atoms with Crippen LogP contribution >= 0.6 is 11.3 Å². The van der Waals surface area contributed by atoms with Gasteiger partial charge in [0.1, 0.15) is 16.3 Å². The van der Waals surface area contributed by atoms with Crippen molar-refractivity contribution in [1.29, 1.82) is 0 Å². The molecule has 0 aliphatic rings. The van der Waals surface area contributed by atoms with Gasteiger partial charge in [-0.25, -0.2) is 9.78 Å². The lowest BCUT2D eigenvalue weighted by atomic mass is 10.0. The highest BCUT2D eigenvalue weighted by Crippen LogP contribution is 2.27. The maximum Gasteiger partial charge on any atom is 0.348 e. The van der Waals surface area contributed by atoms with Gasteiger partial charge in [-0.15, -0.1) is 11.3 Å². The van der Waals surface area contributed by atoms with Crippen LogP contribution in [0.25, 0.3) is 10.2 Å². The van der Waals surface area contributed by atoms with Gasteiger partial charge in [-0.1, -0.05) is 6.92 Å². The topological polar surface area (TPSA) is 90.3 Å². The van der Waals surface area contributed by atoms with Crippen molar-refractivity contribution in [2.75, 3.05) is 6.61 Å². The average Bonchev–Trinajstić information content (AvgIpc) is 2.87. The number of nitrogens with one attached hydrogen (secondary N) is 1. The predicted molar refractivity (Wildman–Crippen MR) is 97.1 cm³/mol. The van der Waals surface area contributed by atoms with E-state index in [1.54, 1.807) is 13.8 Å². The lowest BCUT2D eigenvalue weighted by Crippen LogP contribution is -2.45. The largest absolute Gasteiger partial charge is 0.462 e. The lowest BCUT2D eigenvalue weighted by Gasteiger charge is -2.24. The molecule has 136 valence electrons. The molecule has 8 heteroatoms. The van der Waals surface area contributed by atoms with Crippen LogP contribution in [0.2, 0.25) is 0 Å². The summed E-state index contributed by atoms with van der Waals surface area (Å²) < 4.78 is 6.27. The molecule has 0 radical (unpaired) electrons. The molecule has 1 amide bonds. The number of hydrogen-bond acceptors (Lipinski definition) is 6. The van der Waals surface area contributed by atoms with Crippen molar-refractivity contribution in [2.45, 2.75) is 53.1 Å². The Morgan fingerprint density at radius 2 is 2.04 bits per heavy atom. The second kappa shape index (κ2) is 7.35. The molecule has 0 bridgehead atoms. The van der Waals surface area contributed by atoms with Crippen LogP contribution in [0.15, 0.2) is 11.1 Å². The van der Waals surface area contributed by atoms with Crippen molar-refractivity contribution in [1.82, 2.24) is 14.9 Å². The number of nitrogens with zero attached hydrogens (tertiary/aromatic N) is 2. The van der Waals surface area contributed by atoms with Crippen LogP contribution in [-0.4, -0.2) is 33.6 Å². The number of ether oxygens (including phenoxy) is 1. The number of thiophene rings is 1. The minimum atomic E-state index is -0.462. The zero-order valence-electron chi connectivity index (χ0n) is 15.1. The number of aromatic nitrogens is 2. The maximum atomic E-state index is 12.7. The molecule has 0 saturated carbocycles. The summed E-state index contributed by atoms with van der Waals surface area (Å²) in [5.41, 5.74) is -0.133. The highest BCUT2D eigenvalue weighted by Gasteiger charge is 2.22. The standard InChI is InChI=1S/C17H23N3O4S/c1-6-17(4,5)19-11(21)8-20-9-18-14-12(15(20)22)10(3)13(25-14)16(23)24-7-2/h9H,6-8H2,1-5H3,(H,19,21). The first-order valence-electron chi connectivity index (χ1n) is 8.16. The van der Waals surface area contributed by atoms with Crippen LogP contribution in [0, 0.1) is 6.92 Å². The number of carbonyl (C=O) groups is 2. The molecular weight excluding hydrogens is 342 g/mol. The summed E-state index contributed by atoms with van der Waals surface area (Å²) in [5, 5.41) is 3.25. The fourth-order valence-corrected chi connectivity index (χ4v) is 3.36. The molecule has 0 fully saturated rings. The highest BCUT2D eigenvalue weighted by molar-refractivity contribution is 7.20. The summed E-state index contributed by atoms with van der Waals surface area (Å²) >= 11 is 1.13. The molecule has 7 nitrogen and oxygen atoms in total. The van der Waals surface area contributed by atoms with E-state index in [1.807, 2.05) is 20.8 Å². The quantitative estimate of drug-likeness (QED) is 0.793. The van der Waals surface area contributed by atoms with Crippen molar-refractivity contribution in [2.24, 2.45) is 0 Å². The van der Waals surface area contributed by atoms with Crippen molar-refractivity contribution >= 4 is 33.4 Å². The Kier molecular flexibility index (Phi) is 5.62. The van der Waals surface area contributed by atoms with Crippen LogP contribution in [-0.2, 0) is 16.1 Å². The van der Waals surface area contributed by atoms with E-state index >= 15 is 0 Å². The van der Waals surface area contributed by atoms with Gasteiger partial charge in [0.25, 0.3) is 5.56 Å². The molecule has 1 N–H and O–H groups in total. The molecule has 0 aromatic carbocycles. The van der Waals surface area contributed by atoms with Gasteiger partial charge in [0.05, 0.1) is 18.3 Å². The molecule has 2 aromatic heterocycles. The zero-order chi connectivity index (χ0) is 18.8. The molecule has 0 aliphatic heterocycles. The van der Waals surface area contributed by atoms with Gasteiger partial charge in [-0.3, -0.25) is 14.2 Å². The second-order valence-corrected chi connectivity index (χ2v) is 7.42. The van der Waals surface area contributed by atoms with Crippen molar-refractivity contribution < 1.29 is 14.3 Å². The van der Waals surface area contributed by atoms with Gasteiger partial charge in [0.15, 0.2) is 0 Å². The summed E-state index contributed by atoms with van der Waals surface area (Å²) in [4.78, 5) is 42.0. The van der Waals surface area contributed by atoms with E-state index in [2.05, 4.69) is 10.3 Å². The third-order valence-electron chi connectivity index (χ3n) is 4.05. The Bertz CT molecular complexity index is 867. The van der Waals surface area contributed by atoms with Crippen LogP contribution < -0.4 is 10.9 Å². The van der Waals surface area contributed by atoms with E-state index in [-0.39, 0.29) is 30.2 Å². The first-order valence-corrected chi connectivity index (χ1v) is 8.98. The Morgan fingerprint density at radius 1 is 1.36 bits per heavy atom. The Hall–Kier alpha value is -2.22. The van der Waals surface area contributed by atoms with Gasteiger partial charge in [0.2, 0.25) is 5.91 Å². The first kappa shape index (κ1) is 19.1. The number of aryl methyl sites for hydroxylation is 1. The normalized spacial score (nSPS) is 11.6. The maximum absolute atomic E-state index is 12.7. The Labute approximate surface area is 150 Å². The van der Waals surface area contributed by atoms with Gasteiger partial charge < -0.3 is 10.1 Å². The molecule has 0 atom stereocenters. The summed E-state index contributed by atoms with van der Waals surface area (Å²) in [6.07, 6.45) is 2.12. The van der Waals surface area contributed by atoms with Gasteiger partial charge in [0, 0.05) is 5.54 Å². The molecule has 0 spiro atoms. The van der Waals surface area contributed by atoms with Gasteiger partial charge in [-0.2, -0.15) is 0 Å². The number of carbonyl (C=O) groups excluding carboxylic acids is 2. The summed E-state index contributed by atoms with van der Waals surface area (Å²) in [6, 6.07) is 0. The minimum Gasteiger partial charge on any atom is -0.462 e. The van der Waals surface area contributed by atoms with Crippen LogP contribution in [0.4, 0.5) is 0 Å². The fraction of sp³-hybridized carbons (Fsp3) is 0.529. The Morgan fingerprint density at radius 3 is 2.64 bits per heavy atom. The predicted octanol–water partition coefficient (Wildman–Crippen LogP) is 2.25. The number of fused-ring (bicyclic) bond motifs is 1. The zero-order valence-corrected chi connectivity index (χ0v) is 16.0. The van der Waals surface area contributed by atoms with Crippen LogP contribution in [0.5, 0.6) is 0 Å². The molecular formula is C17H23N3O4S. The fourth-order valence-electron chi connectivity index (χ4n) is 2.32. The summed E-state index contributed by atoms with van der Waals surface area (Å²) in [7, 11) is 0. The first-order chi connectivity index (χ1) is 11.7. The number of esters is 1. The molecule has 2 aromatic rings. The van der Waals surface area contributed by atoms with E-state index in [1.165, 1.54) is 10.9 Å². The third kappa shape index (κ3) is 4.07. The molecule has 0 saturated heterocycles. The monoisotopic (exact) mass is 365 g/mol. The van der Waals surface area contributed by atoms with Crippen molar-refractivity contribution in [3.8, 4) is 0 Å². The highest BCUT2D eigenvalue weighted by atomic mass is 32.1. The van der Waals surface area contributed by atoms with E-state index in [9.17, 15) is 14.4 Å². The minimum absolute atomic E-state index is 0.116. The van der Waals surface area contributed by atoms with E-state index in [0.29, 0.717) is 20.7 Å². The molecule has 2 heterocycles. The van der Waals surface area contributed by atoms with Crippen molar-refractivity contribution in [3.63, 3.8) is 0 Å². The number of amides is 1. The molecule has 25 heavy (non-hydrogen) atoms. The molecule has 0 unspecified atom stereocenters. The van der Waals surface area contributed by atoms with Crippen molar-refractivity contribution in [3.05, 3.63) is 27.1 Å². The van der Waals surface area contributed by atoms with Gasteiger partial charge >= 0.3 is 5.97 Å². The van der Waals surface area contributed by atoms with E-state index in [0.717, 1.165) is 17.8 Å². The van der Waals surface area contributed by atoms with E-state index in [4.69, 9.17) is 4.74 Å². The smallest absolute Gasteiger partial charge is 0.348 e. The second-order valence-electron chi connectivity index (χ2n) is 6.42. The Balaban J connectivity index is 2.36. The molecule has 2 rings (SSSR count). The molecule has 0 aliphatic carbocycles. The van der Waals surface area contributed by atoms with Crippen LogP contribution in [0.1, 0.15) is 49.4 Å². The summed E-state index contributed by atoms with van der Waals surface area (Å²) in [6.45, 7) is 9.38. The van der Waals surface area contributed by atoms with Gasteiger partial charge in [-0.05, 0) is 39.7 Å².